The lowest BCUT2D eigenvalue weighted by Crippen LogP contribution is -2.72. The van der Waals surface area contributed by atoms with Crippen LogP contribution in [-0.2, 0) is 27.2 Å². The standard InChI is InChI=1S/C33H38O9/c1-15(2)8-9-18-26-19(14-22(34)31(6,7)40-26)24(35)23-25(36)20-12-17-13-21-30(4,5)42-32(28(17)37,11-10-16(3)29(38)39)33(20,21)41-27(18)23/h8,10,12,17,21-22,34-35H,9,11,13-14H2,1-7H3,(H,38,39). The van der Waals surface area contributed by atoms with Gasteiger partial charge in [0.15, 0.2) is 22.8 Å². The Labute approximate surface area is 244 Å². The Hall–Kier alpha value is -3.43. The molecule has 224 valence electrons. The fourth-order valence-electron chi connectivity index (χ4n) is 7.71. The Morgan fingerprint density at radius 2 is 1.74 bits per heavy atom. The Balaban J connectivity index is 1.65. The van der Waals surface area contributed by atoms with E-state index in [1.54, 1.807) is 19.9 Å². The van der Waals surface area contributed by atoms with Crippen molar-refractivity contribution >= 4 is 17.5 Å². The number of rotatable bonds is 5. The molecule has 4 bridgehead atoms. The average Bonchev–Trinajstić information content (AvgIpc) is 3.05. The van der Waals surface area contributed by atoms with Gasteiger partial charge in [-0.05, 0) is 61.3 Å². The third kappa shape index (κ3) is 3.52. The number of carbonyl (C=O) groups excluding carboxylic acids is 2. The number of aromatic hydroxyl groups is 1. The summed E-state index contributed by atoms with van der Waals surface area (Å²) in [6.07, 6.45) is 4.91. The van der Waals surface area contributed by atoms with E-state index in [1.165, 1.54) is 13.0 Å². The molecule has 0 radical (unpaired) electrons. The fourth-order valence-corrected chi connectivity index (χ4v) is 7.71. The van der Waals surface area contributed by atoms with Gasteiger partial charge < -0.3 is 29.5 Å². The number of benzene rings is 1. The predicted octanol–water partition coefficient (Wildman–Crippen LogP) is 4.40. The average molecular weight is 579 g/mol. The molecule has 1 saturated carbocycles. The molecule has 5 unspecified atom stereocenters. The molecular formula is C33H38O9. The monoisotopic (exact) mass is 578 g/mol. The van der Waals surface area contributed by atoms with Gasteiger partial charge in [0, 0.05) is 47.0 Å². The zero-order valence-electron chi connectivity index (χ0n) is 25.1. The number of aliphatic hydroxyl groups is 1. The van der Waals surface area contributed by atoms with Crippen molar-refractivity contribution < 1.29 is 43.9 Å². The number of hydrogen-bond acceptors (Lipinski definition) is 8. The molecule has 1 aromatic carbocycles. The summed E-state index contributed by atoms with van der Waals surface area (Å²) >= 11 is 0. The van der Waals surface area contributed by atoms with Crippen molar-refractivity contribution in [2.75, 3.05) is 0 Å². The number of carbonyl (C=O) groups is 3. The summed E-state index contributed by atoms with van der Waals surface area (Å²) in [7, 11) is 0. The largest absolute Gasteiger partial charge is 0.507 e. The molecule has 7 rings (SSSR count). The summed E-state index contributed by atoms with van der Waals surface area (Å²) in [4.78, 5) is 40.4. The van der Waals surface area contributed by atoms with Crippen LogP contribution in [0.15, 0.2) is 34.9 Å². The Bertz CT molecular complexity index is 1550. The predicted molar refractivity (Wildman–Crippen MR) is 152 cm³/mol. The highest BCUT2D eigenvalue weighted by molar-refractivity contribution is 6.18. The minimum atomic E-state index is -1.64. The van der Waals surface area contributed by atoms with Gasteiger partial charge in [0.2, 0.25) is 0 Å². The van der Waals surface area contributed by atoms with Crippen molar-refractivity contribution in [1.29, 1.82) is 0 Å². The highest BCUT2D eigenvalue weighted by atomic mass is 16.6. The molecular weight excluding hydrogens is 540 g/mol. The van der Waals surface area contributed by atoms with Gasteiger partial charge in [-0.1, -0.05) is 23.8 Å². The van der Waals surface area contributed by atoms with E-state index in [1.807, 2.05) is 33.8 Å². The van der Waals surface area contributed by atoms with E-state index in [0.717, 1.165) is 5.57 Å². The normalized spacial score (nSPS) is 33.1. The first-order valence-corrected chi connectivity index (χ1v) is 14.5. The van der Waals surface area contributed by atoms with Gasteiger partial charge in [0.25, 0.3) is 0 Å². The van der Waals surface area contributed by atoms with Crippen LogP contribution < -0.4 is 9.47 Å². The number of phenolic OH excluding ortho intramolecular Hbond substituents is 1. The van der Waals surface area contributed by atoms with Crippen LogP contribution >= 0.6 is 0 Å². The number of Topliss-reactive ketones (excluding diaryl/α,β-unsaturated/α-hetero) is 2. The van der Waals surface area contributed by atoms with Gasteiger partial charge in [-0.25, -0.2) is 4.79 Å². The van der Waals surface area contributed by atoms with Crippen LogP contribution in [0.2, 0.25) is 0 Å². The number of carboxylic acid groups (broad SMARTS) is 1. The first kappa shape index (κ1) is 28.7. The van der Waals surface area contributed by atoms with Crippen molar-refractivity contribution in [3.05, 3.63) is 51.6 Å². The number of aliphatic carboxylic acids is 1. The minimum Gasteiger partial charge on any atom is -0.507 e. The molecule has 1 aromatic rings. The molecule has 0 aromatic heterocycles. The van der Waals surface area contributed by atoms with Gasteiger partial charge in [0.05, 0.1) is 11.7 Å². The lowest BCUT2D eigenvalue weighted by atomic mass is 9.51. The lowest BCUT2D eigenvalue weighted by Gasteiger charge is -2.56. The number of allylic oxidation sites excluding steroid dienone is 3. The molecule has 3 aliphatic carbocycles. The van der Waals surface area contributed by atoms with Crippen LogP contribution in [0.1, 0.15) is 82.8 Å². The second-order valence-electron chi connectivity index (χ2n) is 13.7. The molecule has 2 fully saturated rings. The summed E-state index contributed by atoms with van der Waals surface area (Å²) in [5.74, 6) is -2.64. The summed E-state index contributed by atoms with van der Waals surface area (Å²) in [6, 6.07) is 0. The van der Waals surface area contributed by atoms with Crippen molar-refractivity contribution in [3.8, 4) is 17.2 Å². The quantitative estimate of drug-likeness (QED) is 0.343. The first-order valence-electron chi connectivity index (χ1n) is 14.5. The van der Waals surface area contributed by atoms with Crippen LogP contribution in [0.5, 0.6) is 17.2 Å². The third-order valence-electron chi connectivity index (χ3n) is 9.98. The van der Waals surface area contributed by atoms with Crippen LogP contribution in [0, 0.1) is 11.8 Å². The summed E-state index contributed by atoms with van der Waals surface area (Å²) in [5, 5.41) is 32.0. The number of ether oxygens (including phenoxy) is 3. The fraction of sp³-hybridized carbons (Fsp3) is 0.545. The van der Waals surface area contributed by atoms with Gasteiger partial charge in [0.1, 0.15) is 28.4 Å². The molecule has 9 nitrogen and oxygen atoms in total. The van der Waals surface area contributed by atoms with Crippen molar-refractivity contribution in [2.45, 2.75) is 103 Å². The lowest BCUT2D eigenvalue weighted by molar-refractivity contribution is -0.171. The van der Waals surface area contributed by atoms with E-state index >= 15 is 0 Å². The van der Waals surface area contributed by atoms with Gasteiger partial charge in [-0.15, -0.1) is 0 Å². The van der Waals surface area contributed by atoms with E-state index in [-0.39, 0.29) is 46.8 Å². The SMILES string of the molecule is CC(C)=CCc1c2c(c(O)c3c1OC14C(=CC5CC1C(C)(C)OC4(CC=C(C)C(=O)O)C5=O)C3=O)CC(O)C(C)(C)O2. The molecule has 3 N–H and O–H groups in total. The third-order valence-corrected chi connectivity index (χ3v) is 9.98. The van der Waals surface area contributed by atoms with Crippen LogP contribution in [0.25, 0.3) is 0 Å². The van der Waals surface area contributed by atoms with Crippen LogP contribution in [0.3, 0.4) is 0 Å². The second-order valence-corrected chi connectivity index (χ2v) is 13.7. The zero-order chi connectivity index (χ0) is 30.7. The maximum absolute atomic E-state index is 14.6. The van der Waals surface area contributed by atoms with Gasteiger partial charge in [-0.3, -0.25) is 9.59 Å². The summed E-state index contributed by atoms with van der Waals surface area (Å²) in [6.45, 7) is 12.6. The van der Waals surface area contributed by atoms with E-state index in [4.69, 9.17) is 14.2 Å². The molecule has 9 heteroatoms. The van der Waals surface area contributed by atoms with Crippen LogP contribution in [-0.4, -0.2) is 61.4 Å². The Morgan fingerprint density at radius 3 is 2.38 bits per heavy atom. The molecule has 6 aliphatic rings. The number of aliphatic hydroxyl groups excluding tert-OH is 1. The van der Waals surface area contributed by atoms with Crippen molar-refractivity contribution in [3.63, 3.8) is 0 Å². The van der Waals surface area contributed by atoms with Crippen molar-refractivity contribution in [2.24, 2.45) is 11.8 Å². The van der Waals surface area contributed by atoms with Gasteiger partial charge >= 0.3 is 5.97 Å². The van der Waals surface area contributed by atoms with E-state index < -0.39 is 52.1 Å². The molecule has 3 aliphatic heterocycles. The summed E-state index contributed by atoms with van der Waals surface area (Å²) in [5.41, 5.74) is -2.83. The smallest absolute Gasteiger partial charge is 0.330 e. The Morgan fingerprint density at radius 1 is 1.05 bits per heavy atom. The second kappa shape index (κ2) is 8.80. The highest BCUT2D eigenvalue weighted by Gasteiger charge is 2.81. The zero-order valence-corrected chi connectivity index (χ0v) is 25.1. The number of phenols is 1. The minimum absolute atomic E-state index is 0.0112. The number of carboxylic acids is 1. The van der Waals surface area contributed by atoms with E-state index in [2.05, 4.69) is 0 Å². The van der Waals surface area contributed by atoms with Crippen molar-refractivity contribution in [1.82, 2.24) is 0 Å². The first-order chi connectivity index (χ1) is 19.5. The molecule has 1 spiro atoms. The Kier molecular flexibility index (Phi) is 6.01. The topological polar surface area (TPSA) is 140 Å². The molecule has 42 heavy (non-hydrogen) atoms. The molecule has 1 saturated heterocycles. The van der Waals surface area contributed by atoms with Gasteiger partial charge in [-0.2, -0.15) is 0 Å². The maximum atomic E-state index is 14.6. The number of hydrogen-bond donors (Lipinski definition) is 3. The number of fused-ring (bicyclic) bond motifs is 2. The van der Waals surface area contributed by atoms with E-state index in [9.17, 15) is 29.7 Å². The molecule has 5 atom stereocenters. The molecule has 0 amide bonds. The summed E-state index contributed by atoms with van der Waals surface area (Å²) < 4.78 is 20.0. The maximum Gasteiger partial charge on any atom is 0.330 e. The highest BCUT2D eigenvalue weighted by Crippen LogP contribution is 2.68. The molecule has 3 heterocycles. The van der Waals surface area contributed by atoms with Crippen LogP contribution in [0.4, 0.5) is 0 Å². The van der Waals surface area contributed by atoms with E-state index in [0.29, 0.717) is 29.7 Å². The number of ketones is 2.